The molecule has 0 unspecified atom stereocenters. The smallest absolute Gasteiger partial charge is 0.255 e. The lowest BCUT2D eigenvalue weighted by atomic mass is 10.2. The monoisotopic (exact) mass is 362 g/mol. The molecule has 0 bridgehead atoms. The van der Waals surface area contributed by atoms with Gasteiger partial charge in [0.05, 0.1) is 31.2 Å². The summed E-state index contributed by atoms with van der Waals surface area (Å²) in [5.41, 5.74) is 1.27. The number of furan rings is 1. The predicted molar refractivity (Wildman–Crippen MR) is 93.7 cm³/mol. The van der Waals surface area contributed by atoms with Gasteiger partial charge >= 0.3 is 0 Å². The number of hydrogen-bond donors (Lipinski definition) is 1. The van der Waals surface area contributed by atoms with E-state index >= 15 is 0 Å². The van der Waals surface area contributed by atoms with Crippen LogP contribution in [0, 0.1) is 6.92 Å². The Morgan fingerprint density at radius 1 is 1.42 bits per heavy atom. The van der Waals surface area contributed by atoms with Gasteiger partial charge in [0.2, 0.25) is 0 Å². The number of hydrogen-bond acceptors (Lipinski definition) is 5. The lowest BCUT2D eigenvalue weighted by Gasteiger charge is -2.09. The Kier molecular flexibility index (Phi) is 4.87. The van der Waals surface area contributed by atoms with E-state index in [-0.39, 0.29) is 5.91 Å². The van der Waals surface area contributed by atoms with Crippen molar-refractivity contribution < 1.29 is 13.9 Å². The van der Waals surface area contributed by atoms with Gasteiger partial charge in [0.15, 0.2) is 10.8 Å². The standard InChI is InChI=1S/C17H15ClN2O3S/c1-10-15(24-17(20-10)14-4-3-7-23-14)9-19-16(21)12-8-11(18)5-6-13(12)22-2/h3-8H,9H2,1-2H3,(H,19,21). The Balaban J connectivity index is 1.74. The fourth-order valence-corrected chi connectivity index (χ4v) is 3.35. The number of methoxy groups -OCH3 is 1. The molecule has 7 heteroatoms. The molecule has 24 heavy (non-hydrogen) atoms. The van der Waals surface area contributed by atoms with Gasteiger partial charge in [0.1, 0.15) is 5.75 Å². The number of ether oxygens (including phenoxy) is 1. The second-order valence-electron chi connectivity index (χ2n) is 5.03. The van der Waals surface area contributed by atoms with Crippen LogP contribution in [0.1, 0.15) is 20.9 Å². The van der Waals surface area contributed by atoms with Crippen LogP contribution in [0.4, 0.5) is 0 Å². The van der Waals surface area contributed by atoms with Crippen LogP contribution in [0.25, 0.3) is 10.8 Å². The van der Waals surface area contributed by atoms with Crippen molar-refractivity contribution in [3.63, 3.8) is 0 Å². The molecule has 0 aliphatic rings. The topological polar surface area (TPSA) is 64.4 Å². The summed E-state index contributed by atoms with van der Waals surface area (Å²) < 4.78 is 10.6. The number of amides is 1. The minimum Gasteiger partial charge on any atom is -0.496 e. The molecule has 0 fully saturated rings. The molecular formula is C17H15ClN2O3S. The average molecular weight is 363 g/mol. The normalized spacial score (nSPS) is 10.6. The van der Waals surface area contributed by atoms with Crippen LogP contribution in [0.5, 0.6) is 5.75 Å². The van der Waals surface area contributed by atoms with Gasteiger partial charge in [-0.05, 0) is 37.3 Å². The van der Waals surface area contributed by atoms with Crippen LogP contribution in [0.3, 0.4) is 0 Å². The zero-order valence-electron chi connectivity index (χ0n) is 13.1. The van der Waals surface area contributed by atoms with Crippen LogP contribution in [0.2, 0.25) is 5.02 Å². The van der Waals surface area contributed by atoms with Crippen molar-refractivity contribution in [1.82, 2.24) is 10.3 Å². The van der Waals surface area contributed by atoms with E-state index in [0.717, 1.165) is 21.3 Å². The van der Waals surface area contributed by atoms with Crippen molar-refractivity contribution in [2.45, 2.75) is 13.5 Å². The molecule has 0 aliphatic heterocycles. The van der Waals surface area contributed by atoms with Crippen molar-refractivity contribution in [2.24, 2.45) is 0 Å². The lowest BCUT2D eigenvalue weighted by Crippen LogP contribution is -2.23. The van der Waals surface area contributed by atoms with Crippen molar-refractivity contribution in [3.8, 4) is 16.5 Å². The van der Waals surface area contributed by atoms with Crippen LogP contribution >= 0.6 is 22.9 Å². The van der Waals surface area contributed by atoms with E-state index in [1.54, 1.807) is 24.5 Å². The van der Waals surface area contributed by atoms with Gasteiger partial charge in [0.25, 0.3) is 5.91 Å². The molecule has 3 rings (SSSR count). The SMILES string of the molecule is COc1ccc(Cl)cc1C(=O)NCc1sc(-c2ccco2)nc1C. The number of rotatable bonds is 5. The van der Waals surface area contributed by atoms with Gasteiger partial charge in [-0.1, -0.05) is 11.6 Å². The van der Waals surface area contributed by atoms with E-state index in [1.165, 1.54) is 18.4 Å². The molecule has 124 valence electrons. The summed E-state index contributed by atoms with van der Waals surface area (Å²) in [7, 11) is 1.52. The van der Waals surface area contributed by atoms with Crippen LogP contribution in [-0.2, 0) is 6.54 Å². The summed E-state index contributed by atoms with van der Waals surface area (Å²) in [6.45, 7) is 2.28. The Labute approximate surface area is 148 Å². The van der Waals surface area contributed by atoms with E-state index in [9.17, 15) is 4.79 Å². The van der Waals surface area contributed by atoms with Crippen molar-refractivity contribution in [1.29, 1.82) is 0 Å². The number of carbonyl (C=O) groups excluding carboxylic acids is 1. The lowest BCUT2D eigenvalue weighted by molar-refractivity contribution is 0.0948. The van der Waals surface area contributed by atoms with Crippen molar-refractivity contribution in [3.05, 3.63) is 57.8 Å². The van der Waals surface area contributed by atoms with Gasteiger partial charge in [-0.2, -0.15) is 0 Å². The maximum absolute atomic E-state index is 12.4. The molecule has 0 aliphatic carbocycles. The van der Waals surface area contributed by atoms with Crippen LogP contribution < -0.4 is 10.1 Å². The maximum atomic E-state index is 12.4. The molecule has 3 aromatic rings. The highest BCUT2D eigenvalue weighted by molar-refractivity contribution is 7.15. The summed E-state index contributed by atoms with van der Waals surface area (Å²) in [6.07, 6.45) is 1.61. The highest BCUT2D eigenvalue weighted by atomic mass is 35.5. The number of aryl methyl sites for hydroxylation is 1. The van der Waals surface area contributed by atoms with E-state index in [2.05, 4.69) is 10.3 Å². The molecular weight excluding hydrogens is 348 g/mol. The molecule has 0 atom stereocenters. The first-order chi connectivity index (χ1) is 11.6. The van der Waals surface area contributed by atoms with Crippen molar-refractivity contribution >= 4 is 28.8 Å². The van der Waals surface area contributed by atoms with Gasteiger partial charge in [-0.25, -0.2) is 4.98 Å². The molecule has 0 radical (unpaired) electrons. The summed E-state index contributed by atoms with van der Waals surface area (Å²) in [5, 5.41) is 4.15. The first kappa shape index (κ1) is 16.5. The third kappa shape index (κ3) is 3.44. The van der Waals surface area contributed by atoms with E-state index in [4.69, 9.17) is 20.8 Å². The maximum Gasteiger partial charge on any atom is 0.255 e. The molecule has 2 aromatic heterocycles. The third-order valence-corrected chi connectivity index (χ3v) is 4.85. The predicted octanol–water partition coefficient (Wildman–Crippen LogP) is 4.30. The fourth-order valence-electron chi connectivity index (χ4n) is 2.21. The van der Waals surface area contributed by atoms with E-state index < -0.39 is 0 Å². The summed E-state index contributed by atoms with van der Waals surface area (Å²) >= 11 is 7.46. The van der Waals surface area contributed by atoms with Gasteiger partial charge in [-0.3, -0.25) is 4.79 Å². The first-order valence-corrected chi connectivity index (χ1v) is 8.40. The Morgan fingerprint density at radius 3 is 2.96 bits per heavy atom. The summed E-state index contributed by atoms with van der Waals surface area (Å²) in [5.74, 6) is 0.952. The molecule has 1 amide bonds. The first-order valence-electron chi connectivity index (χ1n) is 7.20. The van der Waals surface area contributed by atoms with Crippen molar-refractivity contribution in [2.75, 3.05) is 7.11 Å². The third-order valence-electron chi connectivity index (χ3n) is 3.44. The average Bonchev–Trinajstić information content (AvgIpc) is 3.22. The van der Waals surface area contributed by atoms with E-state index in [1.807, 2.05) is 19.1 Å². The van der Waals surface area contributed by atoms with Gasteiger partial charge in [-0.15, -0.1) is 11.3 Å². The Hall–Kier alpha value is -2.31. The minimum absolute atomic E-state index is 0.248. The zero-order chi connectivity index (χ0) is 17.1. The van der Waals surface area contributed by atoms with Gasteiger partial charge in [0, 0.05) is 9.90 Å². The van der Waals surface area contributed by atoms with Gasteiger partial charge < -0.3 is 14.5 Å². The molecule has 2 heterocycles. The highest BCUT2D eigenvalue weighted by Gasteiger charge is 2.15. The van der Waals surface area contributed by atoms with Crippen LogP contribution in [0.15, 0.2) is 41.0 Å². The number of carbonyl (C=O) groups is 1. The highest BCUT2D eigenvalue weighted by Crippen LogP contribution is 2.28. The Morgan fingerprint density at radius 2 is 2.25 bits per heavy atom. The quantitative estimate of drug-likeness (QED) is 0.734. The molecule has 1 N–H and O–H groups in total. The number of aromatic nitrogens is 1. The molecule has 0 saturated heterocycles. The number of halogens is 1. The zero-order valence-corrected chi connectivity index (χ0v) is 14.7. The second-order valence-corrected chi connectivity index (χ2v) is 6.55. The molecule has 5 nitrogen and oxygen atoms in total. The Bertz CT molecular complexity index is 859. The number of benzene rings is 1. The fraction of sp³-hybridized carbons (Fsp3) is 0.176. The second kappa shape index (κ2) is 7.07. The minimum atomic E-state index is -0.248. The summed E-state index contributed by atoms with van der Waals surface area (Å²) in [4.78, 5) is 17.9. The number of thiazole rings is 1. The number of nitrogens with zero attached hydrogens (tertiary/aromatic N) is 1. The van der Waals surface area contributed by atoms with E-state index in [0.29, 0.717) is 22.9 Å². The molecule has 1 aromatic carbocycles. The number of nitrogens with one attached hydrogen (secondary N) is 1. The molecule has 0 saturated carbocycles. The largest absolute Gasteiger partial charge is 0.496 e. The molecule has 0 spiro atoms. The summed E-state index contributed by atoms with van der Waals surface area (Å²) in [6, 6.07) is 8.62. The van der Waals surface area contributed by atoms with Crippen LogP contribution in [-0.4, -0.2) is 18.0 Å².